The molecule has 2 rings (SSSR count). The second kappa shape index (κ2) is 9.48. The van der Waals surface area contributed by atoms with Crippen LogP contribution < -0.4 is 16.0 Å². The number of rotatable bonds is 7. The third kappa shape index (κ3) is 6.10. The summed E-state index contributed by atoms with van der Waals surface area (Å²) in [5.74, 6) is -1.03. The Hall–Kier alpha value is -1.99. The van der Waals surface area contributed by atoms with E-state index in [2.05, 4.69) is 20.9 Å². The summed E-state index contributed by atoms with van der Waals surface area (Å²) in [6, 6.07) is 4.65. The minimum Gasteiger partial charge on any atom is -0.353 e. The average molecular weight is 350 g/mol. The van der Waals surface area contributed by atoms with Crippen LogP contribution in [0.15, 0.2) is 24.3 Å². The van der Waals surface area contributed by atoms with Gasteiger partial charge in [0.05, 0.1) is 0 Å². The maximum atomic E-state index is 13.0. The number of amides is 2. The summed E-state index contributed by atoms with van der Waals surface area (Å²) in [7, 11) is 0. The highest BCUT2D eigenvalue weighted by molar-refractivity contribution is 5.97. The molecule has 1 unspecified atom stereocenters. The number of carbonyl (C=O) groups is 2. The standard InChI is InChI=1S/C18H27FN4O2/c1-13(2)16(22-17(24)14-3-5-15(19)6-4-14)18(25)21-9-12-23-10-7-20-8-11-23/h3-6,13,16,20H,7-12H2,1-2H3,(H,21,25)(H,22,24). The molecule has 0 spiro atoms. The van der Waals surface area contributed by atoms with E-state index in [9.17, 15) is 14.0 Å². The number of halogens is 1. The molecule has 7 heteroatoms. The number of benzene rings is 1. The van der Waals surface area contributed by atoms with Crippen LogP contribution in [0.3, 0.4) is 0 Å². The van der Waals surface area contributed by atoms with E-state index in [1.807, 2.05) is 13.8 Å². The Kier molecular flexibility index (Phi) is 7.33. The summed E-state index contributed by atoms with van der Waals surface area (Å²) in [6.07, 6.45) is 0. The minimum absolute atomic E-state index is 0.0522. The zero-order valence-electron chi connectivity index (χ0n) is 14.8. The Morgan fingerprint density at radius 1 is 1.20 bits per heavy atom. The molecule has 1 aliphatic rings. The quantitative estimate of drug-likeness (QED) is 0.673. The summed E-state index contributed by atoms with van der Waals surface area (Å²) in [6.45, 7) is 9.00. The monoisotopic (exact) mass is 350 g/mol. The van der Waals surface area contributed by atoms with Gasteiger partial charge in [-0.15, -0.1) is 0 Å². The molecule has 0 radical (unpaired) electrons. The van der Waals surface area contributed by atoms with Gasteiger partial charge in [0.15, 0.2) is 0 Å². The second-order valence-electron chi connectivity index (χ2n) is 6.58. The number of nitrogens with one attached hydrogen (secondary N) is 3. The Balaban J connectivity index is 1.84. The summed E-state index contributed by atoms with van der Waals surface area (Å²) in [4.78, 5) is 27.0. The van der Waals surface area contributed by atoms with Crippen LogP contribution in [0.25, 0.3) is 0 Å². The van der Waals surface area contributed by atoms with Crippen LogP contribution in [-0.2, 0) is 4.79 Å². The Labute approximate surface area is 148 Å². The van der Waals surface area contributed by atoms with E-state index in [1.54, 1.807) is 0 Å². The molecule has 0 bridgehead atoms. The lowest BCUT2D eigenvalue weighted by Gasteiger charge is -2.28. The van der Waals surface area contributed by atoms with E-state index in [0.717, 1.165) is 32.7 Å². The first kappa shape index (κ1) is 19.3. The van der Waals surface area contributed by atoms with Gasteiger partial charge < -0.3 is 16.0 Å². The Morgan fingerprint density at radius 2 is 1.84 bits per heavy atom. The summed E-state index contributed by atoms with van der Waals surface area (Å²) in [5.41, 5.74) is 0.334. The van der Waals surface area contributed by atoms with E-state index in [0.29, 0.717) is 12.1 Å². The molecule has 25 heavy (non-hydrogen) atoms. The molecule has 1 aromatic rings. The van der Waals surface area contributed by atoms with Crippen molar-refractivity contribution in [2.75, 3.05) is 39.3 Å². The van der Waals surface area contributed by atoms with Crippen molar-refractivity contribution in [1.82, 2.24) is 20.9 Å². The van der Waals surface area contributed by atoms with Crippen molar-refractivity contribution in [2.24, 2.45) is 5.92 Å². The highest BCUT2D eigenvalue weighted by Gasteiger charge is 2.24. The molecule has 1 fully saturated rings. The molecule has 1 aromatic carbocycles. The fourth-order valence-corrected chi connectivity index (χ4v) is 2.74. The maximum Gasteiger partial charge on any atom is 0.251 e. The van der Waals surface area contributed by atoms with Gasteiger partial charge >= 0.3 is 0 Å². The van der Waals surface area contributed by atoms with E-state index in [4.69, 9.17) is 0 Å². The highest BCUT2D eigenvalue weighted by atomic mass is 19.1. The van der Waals surface area contributed by atoms with Crippen LogP contribution in [0.1, 0.15) is 24.2 Å². The van der Waals surface area contributed by atoms with E-state index < -0.39 is 11.9 Å². The zero-order chi connectivity index (χ0) is 18.2. The lowest BCUT2D eigenvalue weighted by Crippen LogP contribution is -2.52. The molecule has 0 saturated carbocycles. The predicted octanol–water partition coefficient (Wildman–Crippen LogP) is 0.602. The van der Waals surface area contributed by atoms with Gasteiger partial charge in [-0.05, 0) is 30.2 Å². The molecule has 1 heterocycles. The highest BCUT2D eigenvalue weighted by Crippen LogP contribution is 2.06. The van der Waals surface area contributed by atoms with Crippen LogP contribution in [-0.4, -0.2) is 62.0 Å². The topological polar surface area (TPSA) is 73.5 Å². The molecule has 0 aliphatic carbocycles. The third-order valence-corrected chi connectivity index (χ3v) is 4.28. The number of carbonyl (C=O) groups excluding carboxylic acids is 2. The lowest BCUT2D eigenvalue weighted by atomic mass is 10.0. The molecule has 1 saturated heterocycles. The van der Waals surface area contributed by atoms with Crippen LogP contribution in [0.5, 0.6) is 0 Å². The molecule has 1 atom stereocenters. The molecule has 1 aliphatic heterocycles. The molecule has 138 valence electrons. The third-order valence-electron chi connectivity index (χ3n) is 4.28. The fraction of sp³-hybridized carbons (Fsp3) is 0.556. The summed E-state index contributed by atoms with van der Waals surface area (Å²) < 4.78 is 13.0. The Morgan fingerprint density at radius 3 is 2.44 bits per heavy atom. The number of piperazine rings is 1. The van der Waals surface area contributed by atoms with Crippen molar-refractivity contribution in [3.8, 4) is 0 Å². The smallest absolute Gasteiger partial charge is 0.251 e. The van der Waals surface area contributed by atoms with Gasteiger partial charge in [-0.1, -0.05) is 13.8 Å². The van der Waals surface area contributed by atoms with Crippen molar-refractivity contribution in [3.05, 3.63) is 35.6 Å². The van der Waals surface area contributed by atoms with Gasteiger partial charge in [-0.3, -0.25) is 14.5 Å². The largest absolute Gasteiger partial charge is 0.353 e. The second-order valence-corrected chi connectivity index (χ2v) is 6.58. The number of hydrogen-bond donors (Lipinski definition) is 3. The molecular weight excluding hydrogens is 323 g/mol. The predicted molar refractivity (Wildman–Crippen MR) is 94.8 cm³/mol. The van der Waals surface area contributed by atoms with E-state index >= 15 is 0 Å². The van der Waals surface area contributed by atoms with Crippen molar-refractivity contribution in [1.29, 1.82) is 0 Å². The Bertz CT molecular complexity index is 571. The van der Waals surface area contributed by atoms with Gasteiger partial charge in [-0.25, -0.2) is 4.39 Å². The van der Waals surface area contributed by atoms with Crippen molar-refractivity contribution in [3.63, 3.8) is 0 Å². The van der Waals surface area contributed by atoms with Gasteiger partial charge in [0.1, 0.15) is 11.9 Å². The maximum absolute atomic E-state index is 13.0. The molecular formula is C18H27FN4O2. The fourth-order valence-electron chi connectivity index (χ4n) is 2.74. The van der Waals surface area contributed by atoms with E-state index in [-0.39, 0.29) is 17.7 Å². The lowest BCUT2D eigenvalue weighted by molar-refractivity contribution is -0.124. The van der Waals surface area contributed by atoms with Crippen LogP contribution in [0.2, 0.25) is 0 Å². The summed E-state index contributed by atoms with van der Waals surface area (Å²) >= 11 is 0. The van der Waals surface area contributed by atoms with Gasteiger partial charge in [0, 0.05) is 44.8 Å². The number of hydrogen-bond acceptors (Lipinski definition) is 4. The SMILES string of the molecule is CC(C)C(NC(=O)c1ccc(F)cc1)C(=O)NCCN1CCNCC1. The van der Waals surface area contributed by atoms with Crippen molar-refractivity contribution >= 4 is 11.8 Å². The van der Waals surface area contributed by atoms with Crippen LogP contribution in [0, 0.1) is 11.7 Å². The molecule has 6 nitrogen and oxygen atoms in total. The zero-order valence-corrected chi connectivity index (χ0v) is 14.8. The van der Waals surface area contributed by atoms with Crippen LogP contribution >= 0.6 is 0 Å². The van der Waals surface area contributed by atoms with Crippen molar-refractivity contribution in [2.45, 2.75) is 19.9 Å². The van der Waals surface area contributed by atoms with Gasteiger partial charge in [-0.2, -0.15) is 0 Å². The minimum atomic E-state index is -0.624. The first-order valence-corrected chi connectivity index (χ1v) is 8.74. The molecule has 2 amide bonds. The first-order chi connectivity index (χ1) is 12.0. The average Bonchev–Trinajstić information content (AvgIpc) is 2.60. The van der Waals surface area contributed by atoms with Crippen molar-refractivity contribution < 1.29 is 14.0 Å². The first-order valence-electron chi connectivity index (χ1n) is 8.74. The van der Waals surface area contributed by atoms with Gasteiger partial charge in [0.25, 0.3) is 5.91 Å². The van der Waals surface area contributed by atoms with Crippen LogP contribution in [0.4, 0.5) is 4.39 Å². The molecule has 0 aromatic heterocycles. The molecule has 3 N–H and O–H groups in total. The normalized spacial score (nSPS) is 16.5. The van der Waals surface area contributed by atoms with Gasteiger partial charge in [0.2, 0.25) is 5.91 Å². The van der Waals surface area contributed by atoms with E-state index in [1.165, 1.54) is 24.3 Å². The number of nitrogens with zero attached hydrogens (tertiary/aromatic N) is 1. The summed E-state index contributed by atoms with van der Waals surface area (Å²) in [5, 5.41) is 8.93.